The predicted molar refractivity (Wildman–Crippen MR) is 279 cm³/mol. The molecule has 3 atom stereocenters. The molecule has 15 nitrogen and oxygen atoms in total. The van der Waals surface area contributed by atoms with Crippen molar-refractivity contribution in [3.63, 3.8) is 0 Å². The van der Waals surface area contributed by atoms with E-state index >= 15 is 0 Å². The van der Waals surface area contributed by atoms with Gasteiger partial charge in [0, 0.05) is 54.4 Å². The fraction of sp³-hybridized carbons (Fsp3) is 0.889. The van der Waals surface area contributed by atoms with Gasteiger partial charge < -0.3 is 29.4 Å². The summed E-state index contributed by atoms with van der Waals surface area (Å²) < 4.78 is 0. The molecule has 15 heteroatoms. The summed E-state index contributed by atoms with van der Waals surface area (Å²) in [6, 6.07) is 0.287. The van der Waals surface area contributed by atoms with Crippen LogP contribution in [-0.4, -0.2) is 173 Å². The summed E-state index contributed by atoms with van der Waals surface area (Å²) >= 11 is 0. The van der Waals surface area contributed by atoms with Gasteiger partial charge in [-0.3, -0.25) is 29.1 Å². The molecule has 3 aliphatic carbocycles. The zero-order valence-electron chi connectivity index (χ0n) is 46.8. The molecule has 7 rings (SSSR count). The maximum Gasteiger partial charge on any atom is 0.244 e. The van der Waals surface area contributed by atoms with Crippen molar-refractivity contribution in [3.8, 4) is 0 Å². The van der Waals surface area contributed by atoms with Crippen molar-refractivity contribution < 1.29 is 14.4 Å². The first kappa shape index (κ1) is 53.5. The van der Waals surface area contributed by atoms with Crippen molar-refractivity contribution in [1.29, 1.82) is 0 Å². The number of likely N-dealkylation sites (N-methyl/N-ethyl adjacent to an activating group) is 3. The van der Waals surface area contributed by atoms with E-state index in [1.165, 1.54) is 19.3 Å². The van der Waals surface area contributed by atoms with Gasteiger partial charge in [0.2, 0.25) is 35.6 Å². The third-order valence-corrected chi connectivity index (χ3v) is 19.0. The third-order valence-electron chi connectivity index (χ3n) is 19.0. The number of rotatable bonds is 12. The van der Waals surface area contributed by atoms with E-state index in [-0.39, 0.29) is 71.0 Å². The molecule has 0 N–H and O–H groups in total. The third kappa shape index (κ3) is 9.73. The number of carbonyl (C=O) groups excluding carboxylic acids is 3. The first-order valence-electron chi connectivity index (χ1n) is 27.2. The van der Waals surface area contributed by atoms with Gasteiger partial charge in [0.05, 0.1) is 16.6 Å². The van der Waals surface area contributed by atoms with E-state index in [2.05, 4.69) is 169 Å². The second-order valence-corrected chi connectivity index (χ2v) is 25.8. The molecule has 0 aromatic carbocycles. The van der Waals surface area contributed by atoms with Gasteiger partial charge in [0.25, 0.3) is 0 Å². The van der Waals surface area contributed by atoms with E-state index in [0.717, 1.165) is 77.0 Å². The van der Waals surface area contributed by atoms with Crippen LogP contribution in [0.2, 0.25) is 0 Å². The van der Waals surface area contributed by atoms with Crippen LogP contribution < -0.4 is 14.7 Å². The van der Waals surface area contributed by atoms with Crippen LogP contribution in [0.4, 0.5) is 17.8 Å². The van der Waals surface area contributed by atoms with E-state index < -0.39 is 16.6 Å². The summed E-state index contributed by atoms with van der Waals surface area (Å²) in [6.45, 7) is 34.0. The second kappa shape index (κ2) is 19.3. The Morgan fingerprint density at radius 2 is 0.594 bits per heavy atom. The first-order valence-corrected chi connectivity index (χ1v) is 27.2. The van der Waals surface area contributed by atoms with E-state index in [1.54, 1.807) is 0 Å². The smallest absolute Gasteiger partial charge is 0.244 e. The molecule has 3 aliphatic heterocycles. The SMILES string of the molecule is CC(N1CC(C)(C)N(C)C(C)(C)C1=O)N(c1nc(N(C2CCCCC2)C(C)N2CC(C)(C)N(C)C(C)(C)C2=O)nc(N(C2CCCCC2)C(C)N2CC(C)(C)N(C)C(C)(C)C2=O)n1)C1CCCCC1. The first-order chi connectivity index (χ1) is 32.0. The van der Waals surface area contributed by atoms with Gasteiger partial charge in [-0.05, 0) is 164 Å². The zero-order valence-corrected chi connectivity index (χ0v) is 46.8. The van der Waals surface area contributed by atoms with Gasteiger partial charge in [-0.25, -0.2) is 0 Å². The molecule has 1 aromatic rings. The Balaban J connectivity index is 1.48. The largest absolute Gasteiger partial charge is 0.319 e. The Morgan fingerprint density at radius 1 is 0.391 bits per heavy atom. The van der Waals surface area contributed by atoms with Gasteiger partial charge >= 0.3 is 0 Å². The summed E-state index contributed by atoms with van der Waals surface area (Å²) in [5.74, 6) is 2.02. The Morgan fingerprint density at radius 3 is 0.797 bits per heavy atom. The number of aromatic nitrogens is 3. The number of piperazine rings is 3. The van der Waals surface area contributed by atoms with Gasteiger partial charge in [-0.2, -0.15) is 15.0 Å². The molecule has 1 aromatic heterocycles. The highest BCUT2D eigenvalue weighted by Gasteiger charge is 2.54. The lowest BCUT2D eigenvalue weighted by Gasteiger charge is -2.57. The lowest BCUT2D eigenvalue weighted by molar-refractivity contribution is -0.161. The summed E-state index contributed by atoms with van der Waals surface area (Å²) in [5, 5.41) is 0. The Hall–Kier alpha value is -3.30. The van der Waals surface area contributed by atoms with Crippen LogP contribution in [0.1, 0.15) is 200 Å². The maximum absolute atomic E-state index is 14.9. The van der Waals surface area contributed by atoms with Crippen molar-refractivity contribution in [2.45, 2.75) is 270 Å². The molecule has 0 spiro atoms. The lowest BCUT2D eigenvalue weighted by Crippen LogP contribution is -2.73. The molecular formula is C54H96N12O3. The summed E-state index contributed by atoms with van der Waals surface area (Å²) in [5.41, 5.74) is -3.03. The van der Waals surface area contributed by atoms with Crippen LogP contribution >= 0.6 is 0 Å². The number of hydrogen-bond acceptors (Lipinski definition) is 12. The number of amides is 3. The summed E-state index contributed by atoms with van der Waals surface area (Å²) in [4.78, 5) is 82.1. The van der Waals surface area contributed by atoms with Gasteiger partial charge in [0.15, 0.2) is 0 Å². The molecule has 3 saturated carbocycles. The number of hydrogen-bond donors (Lipinski definition) is 0. The van der Waals surface area contributed by atoms with Crippen molar-refractivity contribution >= 4 is 35.6 Å². The van der Waals surface area contributed by atoms with Crippen LogP contribution in [0.5, 0.6) is 0 Å². The quantitative estimate of drug-likeness (QED) is 0.201. The van der Waals surface area contributed by atoms with Crippen LogP contribution in [0, 0.1) is 0 Å². The van der Waals surface area contributed by atoms with E-state index in [9.17, 15) is 14.4 Å². The fourth-order valence-electron chi connectivity index (χ4n) is 13.6. The van der Waals surface area contributed by atoms with Crippen molar-refractivity contribution in [2.24, 2.45) is 0 Å². The highest BCUT2D eigenvalue weighted by atomic mass is 16.2. The molecule has 0 bridgehead atoms. The lowest BCUT2D eigenvalue weighted by atomic mass is 9.87. The molecule has 390 valence electrons. The average Bonchev–Trinajstić information content (AvgIpc) is 3.30. The highest BCUT2D eigenvalue weighted by Crippen LogP contribution is 2.42. The molecule has 6 fully saturated rings. The predicted octanol–water partition coefficient (Wildman–Crippen LogP) is 8.32. The van der Waals surface area contributed by atoms with Crippen molar-refractivity contribution in [1.82, 2.24) is 44.4 Å². The molecular weight excluding hydrogens is 865 g/mol. The zero-order chi connectivity index (χ0) is 51.0. The minimum Gasteiger partial charge on any atom is -0.319 e. The van der Waals surface area contributed by atoms with E-state index in [1.807, 2.05) is 0 Å². The highest BCUT2D eigenvalue weighted by molar-refractivity contribution is 5.88. The standard InChI is InChI=1S/C54H96N12O3/c1-37(61-34-49(4,5)58(16)52(10,11)43(61)67)64(40-28-22-19-23-29-40)46-55-47(65(41-30-24-20-25-31-41)38(2)62-35-50(6,7)59(17)53(12,13)44(62)68)57-48(56-46)66(42-32-26-21-27-33-42)39(3)63-36-51(8,9)60(18)54(14,15)45(63)69/h37-42H,19-36H2,1-18H3. The van der Waals surface area contributed by atoms with Crippen molar-refractivity contribution in [2.75, 3.05) is 55.5 Å². The van der Waals surface area contributed by atoms with Crippen LogP contribution in [0.25, 0.3) is 0 Å². The molecule has 3 saturated heterocycles. The topological polar surface area (TPSA) is 119 Å². The molecule has 4 heterocycles. The van der Waals surface area contributed by atoms with Crippen molar-refractivity contribution in [3.05, 3.63) is 0 Å². The van der Waals surface area contributed by atoms with E-state index in [0.29, 0.717) is 37.5 Å². The number of nitrogens with zero attached hydrogens (tertiary/aromatic N) is 12. The fourth-order valence-corrected chi connectivity index (χ4v) is 13.6. The Labute approximate surface area is 418 Å². The molecule has 0 radical (unpaired) electrons. The molecule has 6 aliphatic rings. The monoisotopic (exact) mass is 961 g/mol. The average molecular weight is 961 g/mol. The van der Waals surface area contributed by atoms with Gasteiger partial charge in [-0.1, -0.05) is 57.8 Å². The van der Waals surface area contributed by atoms with Gasteiger partial charge in [0.1, 0.15) is 18.5 Å². The Kier molecular flexibility index (Phi) is 14.9. The van der Waals surface area contributed by atoms with Gasteiger partial charge in [-0.15, -0.1) is 0 Å². The van der Waals surface area contributed by atoms with Crippen LogP contribution in [-0.2, 0) is 14.4 Å². The van der Waals surface area contributed by atoms with Crippen LogP contribution in [0.3, 0.4) is 0 Å². The van der Waals surface area contributed by atoms with Crippen LogP contribution in [0.15, 0.2) is 0 Å². The normalized spacial score (nSPS) is 27.6. The minimum absolute atomic E-state index is 0.0956. The minimum atomic E-state index is -0.725. The molecule has 69 heavy (non-hydrogen) atoms. The summed E-state index contributed by atoms with van der Waals surface area (Å²) in [6.07, 6.45) is 14.9. The van der Waals surface area contributed by atoms with E-state index in [4.69, 9.17) is 15.0 Å². The molecule has 3 amide bonds. The number of anilines is 3. The summed E-state index contributed by atoms with van der Waals surface area (Å²) in [7, 11) is 6.23. The Bertz CT molecular complexity index is 1780. The number of carbonyl (C=O) groups is 3. The molecule has 3 unspecified atom stereocenters. The second-order valence-electron chi connectivity index (χ2n) is 25.8. The maximum atomic E-state index is 14.9.